The Hall–Kier alpha value is -1.35. The van der Waals surface area contributed by atoms with E-state index >= 15 is 0 Å². The number of rotatable bonds is 2. The van der Waals surface area contributed by atoms with Crippen LogP contribution in [0, 0.1) is 0 Å². The summed E-state index contributed by atoms with van der Waals surface area (Å²) in [6, 6.07) is 8.01. The second-order valence-corrected chi connectivity index (χ2v) is 4.37. The van der Waals surface area contributed by atoms with Gasteiger partial charge in [0.15, 0.2) is 0 Å². The molecule has 0 saturated carbocycles. The average Bonchev–Trinajstić information content (AvgIpc) is 2.42. The van der Waals surface area contributed by atoms with Crippen LogP contribution in [0.3, 0.4) is 0 Å². The fraction of sp³-hybridized carbons (Fsp3) is 0.364. The van der Waals surface area contributed by atoms with E-state index in [0.717, 1.165) is 23.3 Å². The largest absolute Gasteiger partial charge is 0.342 e. The van der Waals surface area contributed by atoms with Gasteiger partial charge in [0, 0.05) is 12.0 Å². The van der Waals surface area contributed by atoms with Gasteiger partial charge >= 0.3 is 0 Å². The summed E-state index contributed by atoms with van der Waals surface area (Å²) in [5.74, 6) is 0.957. The molecule has 0 spiro atoms. The van der Waals surface area contributed by atoms with Gasteiger partial charge in [0.1, 0.15) is 5.82 Å². The highest BCUT2D eigenvalue weighted by atomic mass is 14.9. The maximum atomic E-state index is 5.93. The van der Waals surface area contributed by atoms with E-state index in [1.165, 1.54) is 0 Å². The third-order valence-corrected chi connectivity index (χ3v) is 2.06. The van der Waals surface area contributed by atoms with Crippen molar-refractivity contribution in [1.29, 1.82) is 0 Å². The molecule has 0 unspecified atom stereocenters. The minimum absolute atomic E-state index is 0.214. The van der Waals surface area contributed by atoms with E-state index in [4.69, 9.17) is 5.73 Å². The van der Waals surface area contributed by atoms with Crippen LogP contribution in [0.2, 0.25) is 0 Å². The number of benzene rings is 1. The Morgan fingerprint density at radius 2 is 2.07 bits per heavy atom. The van der Waals surface area contributed by atoms with E-state index < -0.39 is 0 Å². The van der Waals surface area contributed by atoms with E-state index in [0.29, 0.717) is 0 Å². The molecule has 0 bridgehead atoms. The lowest BCUT2D eigenvalue weighted by Gasteiger charge is -2.15. The molecule has 2 rings (SSSR count). The van der Waals surface area contributed by atoms with E-state index in [1.807, 2.05) is 38.1 Å². The summed E-state index contributed by atoms with van der Waals surface area (Å²) in [6.07, 6.45) is 0.766. The minimum atomic E-state index is -0.214. The zero-order chi connectivity index (χ0) is 10.2. The lowest BCUT2D eigenvalue weighted by Crippen LogP contribution is -2.34. The summed E-state index contributed by atoms with van der Waals surface area (Å²) in [5, 5.41) is 0. The Balaban J connectivity index is 2.36. The molecule has 0 aliphatic heterocycles. The molecular weight excluding hydrogens is 174 g/mol. The number of nitrogens with zero attached hydrogens (tertiary/aromatic N) is 1. The van der Waals surface area contributed by atoms with Crippen molar-refractivity contribution in [1.82, 2.24) is 9.97 Å². The molecule has 0 aliphatic carbocycles. The molecule has 1 aromatic heterocycles. The number of imidazole rings is 1. The van der Waals surface area contributed by atoms with Crippen LogP contribution in [0.4, 0.5) is 0 Å². The van der Waals surface area contributed by atoms with Gasteiger partial charge in [0.25, 0.3) is 0 Å². The van der Waals surface area contributed by atoms with Crippen molar-refractivity contribution < 1.29 is 0 Å². The van der Waals surface area contributed by atoms with E-state index in [9.17, 15) is 0 Å². The number of nitrogens with two attached hydrogens (primary N) is 1. The third-order valence-electron chi connectivity index (χ3n) is 2.06. The molecule has 0 atom stereocenters. The number of hydrogen-bond donors (Lipinski definition) is 2. The molecule has 0 fully saturated rings. The van der Waals surface area contributed by atoms with Gasteiger partial charge in [-0.3, -0.25) is 0 Å². The number of hydrogen-bond acceptors (Lipinski definition) is 2. The molecule has 3 nitrogen and oxygen atoms in total. The van der Waals surface area contributed by atoms with Crippen LogP contribution in [0.15, 0.2) is 24.3 Å². The average molecular weight is 189 g/mol. The molecular formula is C11H15N3. The first kappa shape index (κ1) is 9.21. The van der Waals surface area contributed by atoms with Gasteiger partial charge in [-0.1, -0.05) is 12.1 Å². The van der Waals surface area contributed by atoms with E-state index in [2.05, 4.69) is 9.97 Å². The SMILES string of the molecule is CC(C)(N)Cc1nc2ccccc2[nH]1. The number of nitrogens with one attached hydrogen (secondary N) is 1. The van der Waals surface area contributed by atoms with Crippen LogP contribution >= 0.6 is 0 Å². The molecule has 3 heteroatoms. The van der Waals surface area contributed by atoms with Gasteiger partial charge in [-0.05, 0) is 26.0 Å². The fourth-order valence-corrected chi connectivity index (χ4v) is 1.52. The molecule has 2 aromatic rings. The van der Waals surface area contributed by atoms with Crippen LogP contribution < -0.4 is 5.73 Å². The highest BCUT2D eigenvalue weighted by Gasteiger charge is 2.14. The van der Waals surface area contributed by atoms with Gasteiger partial charge in [0.2, 0.25) is 0 Å². The van der Waals surface area contributed by atoms with Crippen molar-refractivity contribution in [3.8, 4) is 0 Å². The second kappa shape index (κ2) is 3.10. The number of H-pyrrole nitrogens is 1. The molecule has 3 N–H and O–H groups in total. The minimum Gasteiger partial charge on any atom is -0.342 e. The van der Waals surface area contributed by atoms with Crippen molar-refractivity contribution >= 4 is 11.0 Å². The third kappa shape index (κ3) is 1.93. The molecule has 0 aliphatic rings. The van der Waals surface area contributed by atoms with Crippen molar-refractivity contribution in [2.24, 2.45) is 5.73 Å². The van der Waals surface area contributed by atoms with Crippen molar-refractivity contribution in [3.05, 3.63) is 30.1 Å². The zero-order valence-corrected chi connectivity index (χ0v) is 8.54. The summed E-state index contributed by atoms with van der Waals surface area (Å²) in [5.41, 5.74) is 7.80. The van der Waals surface area contributed by atoms with Crippen LogP contribution in [-0.4, -0.2) is 15.5 Å². The first-order valence-electron chi connectivity index (χ1n) is 4.77. The predicted molar refractivity (Wildman–Crippen MR) is 58.1 cm³/mol. The summed E-state index contributed by atoms with van der Waals surface area (Å²) in [6.45, 7) is 4.00. The molecule has 0 radical (unpaired) electrons. The van der Waals surface area contributed by atoms with Crippen LogP contribution in [0.25, 0.3) is 11.0 Å². The van der Waals surface area contributed by atoms with Gasteiger partial charge in [-0.15, -0.1) is 0 Å². The van der Waals surface area contributed by atoms with Crippen molar-refractivity contribution in [2.45, 2.75) is 25.8 Å². The summed E-state index contributed by atoms with van der Waals surface area (Å²) < 4.78 is 0. The van der Waals surface area contributed by atoms with Gasteiger partial charge < -0.3 is 10.7 Å². The fourth-order valence-electron chi connectivity index (χ4n) is 1.52. The molecule has 1 heterocycles. The molecule has 1 aromatic carbocycles. The zero-order valence-electron chi connectivity index (χ0n) is 8.54. The first-order chi connectivity index (χ1) is 6.54. The number of para-hydroxylation sites is 2. The predicted octanol–water partition coefficient (Wildman–Crippen LogP) is 1.84. The standard InChI is InChI=1S/C11H15N3/c1-11(2,12)7-10-13-8-5-3-4-6-9(8)14-10/h3-6H,7,12H2,1-2H3,(H,13,14). The Kier molecular flexibility index (Phi) is 2.04. The highest BCUT2D eigenvalue weighted by molar-refractivity contribution is 5.74. The van der Waals surface area contributed by atoms with Crippen molar-refractivity contribution in [2.75, 3.05) is 0 Å². The number of fused-ring (bicyclic) bond motifs is 1. The summed E-state index contributed by atoms with van der Waals surface area (Å²) in [7, 11) is 0. The highest BCUT2D eigenvalue weighted by Crippen LogP contribution is 2.13. The lowest BCUT2D eigenvalue weighted by atomic mass is 10.0. The van der Waals surface area contributed by atoms with Crippen molar-refractivity contribution in [3.63, 3.8) is 0 Å². The molecule has 14 heavy (non-hydrogen) atoms. The first-order valence-corrected chi connectivity index (χ1v) is 4.77. The van der Waals surface area contributed by atoms with E-state index in [1.54, 1.807) is 0 Å². The maximum absolute atomic E-state index is 5.93. The lowest BCUT2D eigenvalue weighted by molar-refractivity contribution is 0.505. The Bertz CT molecular complexity index is 404. The Labute approximate surface area is 83.3 Å². The Morgan fingerprint density at radius 3 is 2.71 bits per heavy atom. The number of aromatic amines is 1. The Morgan fingerprint density at radius 1 is 1.36 bits per heavy atom. The van der Waals surface area contributed by atoms with Crippen LogP contribution in [0.5, 0.6) is 0 Å². The van der Waals surface area contributed by atoms with Gasteiger partial charge in [-0.25, -0.2) is 4.98 Å². The summed E-state index contributed by atoms with van der Waals surface area (Å²) >= 11 is 0. The summed E-state index contributed by atoms with van der Waals surface area (Å²) in [4.78, 5) is 7.72. The van der Waals surface area contributed by atoms with Gasteiger partial charge in [0.05, 0.1) is 11.0 Å². The second-order valence-electron chi connectivity index (χ2n) is 4.37. The van der Waals surface area contributed by atoms with Gasteiger partial charge in [-0.2, -0.15) is 0 Å². The molecule has 0 amide bonds. The monoisotopic (exact) mass is 189 g/mol. The van der Waals surface area contributed by atoms with Crippen LogP contribution in [-0.2, 0) is 6.42 Å². The quantitative estimate of drug-likeness (QED) is 0.757. The molecule has 74 valence electrons. The molecule has 0 saturated heterocycles. The van der Waals surface area contributed by atoms with Crippen LogP contribution in [0.1, 0.15) is 19.7 Å². The topological polar surface area (TPSA) is 54.7 Å². The normalized spacial score (nSPS) is 12.2. The maximum Gasteiger partial charge on any atom is 0.109 e. The van der Waals surface area contributed by atoms with E-state index in [-0.39, 0.29) is 5.54 Å². The number of aromatic nitrogens is 2. The smallest absolute Gasteiger partial charge is 0.109 e.